The fourth-order valence-corrected chi connectivity index (χ4v) is 0.976. The van der Waals surface area contributed by atoms with Gasteiger partial charge in [0.25, 0.3) is 5.91 Å². The molecule has 0 aromatic carbocycles. The Labute approximate surface area is 76.7 Å². The molecule has 0 aliphatic rings. The summed E-state index contributed by atoms with van der Waals surface area (Å²) in [5, 5.41) is 9.30. The molecule has 0 fully saturated rings. The van der Waals surface area contributed by atoms with E-state index in [0.717, 1.165) is 11.3 Å². The Morgan fingerprint density at radius 3 is 2.77 bits per heavy atom. The molecule has 0 aliphatic heterocycles. The van der Waals surface area contributed by atoms with Crippen LogP contribution in [-0.2, 0) is 0 Å². The van der Waals surface area contributed by atoms with Crippen LogP contribution in [0, 0.1) is 13.8 Å². The predicted octanol–water partition coefficient (Wildman–Crippen LogP) is -0.285. The number of aromatic nitrogens is 2. The van der Waals surface area contributed by atoms with E-state index < -0.39 is 0 Å². The third-order valence-corrected chi connectivity index (χ3v) is 1.90. The lowest BCUT2D eigenvalue weighted by Gasteiger charge is -2.00. The monoisotopic (exact) mass is 182 g/mol. The number of rotatable bonds is 3. The molecule has 1 heterocycles. The minimum absolute atomic E-state index is 0.174. The number of hydrogen-bond donors (Lipinski definition) is 3. The van der Waals surface area contributed by atoms with E-state index in [-0.39, 0.29) is 5.91 Å². The van der Waals surface area contributed by atoms with E-state index in [1.807, 2.05) is 13.8 Å². The minimum atomic E-state index is -0.174. The second-order valence-corrected chi connectivity index (χ2v) is 2.87. The summed E-state index contributed by atoms with van der Waals surface area (Å²) in [5.41, 5.74) is 7.50. The first-order valence-electron chi connectivity index (χ1n) is 4.16. The summed E-state index contributed by atoms with van der Waals surface area (Å²) in [7, 11) is 0. The normalized spacial score (nSPS) is 10.1. The zero-order valence-corrected chi connectivity index (χ0v) is 7.85. The van der Waals surface area contributed by atoms with Crippen LogP contribution in [0.25, 0.3) is 0 Å². The Kier molecular flexibility index (Phi) is 3.02. The number of nitrogens with one attached hydrogen (secondary N) is 2. The van der Waals surface area contributed by atoms with Gasteiger partial charge >= 0.3 is 0 Å². The van der Waals surface area contributed by atoms with Crippen molar-refractivity contribution in [2.45, 2.75) is 13.8 Å². The molecule has 0 unspecified atom stereocenters. The van der Waals surface area contributed by atoms with Crippen LogP contribution >= 0.6 is 0 Å². The lowest BCUT2D eigenvalue weighted by atomic mass is 10.2. The number of aromatic amines is 1. The highest BCUT2D eigenvalue weighted by Gasteiger charge is 2.12. The van der Waals surface area contributed by atoms with Gasteiger partial charge in [-0.15, -0.1) is 0 Å². The summed E-state index contributed by atoms with van der Waals surface area (Å²) in [6.45, 7) is 4.65. The van der Waals surface area contributed by atoms with Crippen LogP contribution in [0.2, 0.25) is 0 Å². The van der Waals surface area contributed by atoms with Crippen molar-refractivity contribution in [1.29, 1.82) is 0 Å². The summed E-state index contributed by atoms with van der Waals surface area (Å²) >= 11 is 0. The lowest BCUT2D eigenvalue weighted by Crippen LogP contribution is -2.29. The second kappa shape index (κ2) is 4.04. The Hall–Kier alpha value is -1.36. The van der Waals surface area contributed by atoms with Gasteiger partial charge in [0.1, 0.15) is 0 Å². The van der Waals surface area contributed by atoms with E-state index in [1.165, 1.54) is 0 Å². The van der Waals surface area contributed by atoms with Crippen LogP contribution in [0.1, 0.15) is 21.7 Å². The molecule has 1 aromatic rings. The maximum absolute atomic E-state index is 11.4. The van der Waals surface area contributed by atoms with E-state index in [9.17, 15) is 4.79 Å². The van der Waals surface area contributed by atoms with Crippen molar-refractivity contribution < 1.29 is 4.79 Å². The van der Waals surface area contributed by atoms with Crippen LogP contribution in [0.4, 0.5) is 0 Å². The molecule has 0 spiro atoms. The third kappa shape index (κ3) is 2.06. The van der Waals surface area contributed by atoms with Crippen LogP contribution in [-0.4, -0.2) is 29.2 Å². The van der Waals surface area contributed by atoms with Crippen molar-refractivity contribution in [2.24, 2.45) is 5.73 Å². The number of amides is 1. The molecule has 1 rings (SSSR count). The Balaban J connectivity index is 2.71. The molecule has 0 saturated carbocycles. The fourth-order valence-electron chi connectivity index (χ4n) is 0.976. The molecule has 5 nitrogen and oxygen atoms in total. The van der Waals surface area contributed by atoms with E-state index in [1.54, 1.807) is 0 Å². The van der Waals surface area contributed by atoms with Gasteiger partial charge in [-0.1, -0.05) is 0 Å². The van der Waals surface area contributed by atoms with Gasteiger partial charge < -0.3 is 11.1 Å². The number of aryl methyl sites for hydroxylation is 1. The largest absolute Gasteiger partial charge is 0.349 e. The van der Waals surface area contributed by atoms with E-state index in [4.69, 9.17) is 5.73 Å². The van der Waals surface area contributed by atoms with Gasteiger partial charge in [0, 0.05) is 24.3 Å². The topological polar surface area (TPSA) is 83.8 Å². The smallest absolute Gasteiger partial charge is 0.272 e. The summed E-state index contributed by atoms with van der Waals surface area (Å²) in [6, 6.07) is 0. The standard InChI is InChI=1S/C8H14N4O/c1-5-6(2)11-12-7(5)8(13)10-4-3-9/h3-4,9H2,1-2H3,(H,10,13)(H,11,12). The maximum Gasteiger partial charge on any atom is 0.272 e. The number of nitrogens with two attached hydrogens (primary N) is 1. The lowest BCUT2D eigenvalue weighted by molar-refractivity contribution is 0.0949. The van der Waals surface area contributed by atoms with E-state index in [2.05, 4.69) is 15.5 Å². The molecule has 0 atom stereocenters. The molecule has 4 N–H and O–H groups in total. The van der Waals surface area contributed by atoms with E-state index >= 15 is 0 Å². The summed E-state index contributed by atoms with van der Waals surface area (Å²) in [6.07, 6.45) is 0. The first-order valence-corrected chi connectivity index (χ1v) is 4.16. The van der Waals surface area contributed by atoms with Gasteiger partial charge in [-0.2, -0.15) is 5.10 Å². The van der Waals surface area contributed by atoms with Crippen LogP contribution in [0.5, 0.6) is 0 Å². The van der Waals surface area contributed by atoms with Gasteiger partial charge in [-0.3, -0.25) is 9.89 Å². The predicted molar refractivity (Wildman–Crippen MR) is 49.4 cm³/mol. The Morgan fingerprint density at radius 2 is 2.31 bits per heavy atom. The highest BCUT2D eigenvalue weighted by atomic mass is 16.1. The van der Waals surface area contributed by atoms with Gasteiger partial charge in [0.15, 0.2) is 5.69 Å². The number of carbonyl (C=O) groups excluding carboxylic acids is 1. The number of nitrogens with zero attached hydrogens (tertiary/aromatic N) is 1. The SMILES string of the molecule is Cc1[nH]nc(C(=O)NCCN)c1C. The average molecular weight is 182 g/mol. The first-order chi connectivity index (χ1) is 6.16. The molecule has 0 aliphatic carbocycles. The number of H-pyrrole nitrogens is 1. The molecular formula is C8H14N4O. The van der Waals surface area contributed by atoms with Crippen molar-refractivity contribution in [3.63, 3.8) is 0 Å². The van der Waals surface area contributed by atoms with Crippen molar-refractivity contribution in [1.82, 2.24) is 15.5 Å². The third-order valence-electron chi connectivity index (χ3n) is 1.90. The first kappa shape index (κ1) is 9.73. The second-order valence-electron chi connectivity index (χ2n) is 2.87. The zero-order valence-electron chi connectivity index (χ0n) is 7.85. The maximum atomic E-state index is 11.4. The fraction of sp³-hybridized carbons (Fsp3) is 0.500. The molecular weight excluding hydrogens is 168 g/mol. The molecule has 0 radical (unpaired) electrons. The van der Waals surface area contributed by atoms with Crippen LogP contribution in [0.3, 0.4) is 0 Å². The molecule has 1 amide bonds. The molecule has 13 heavy (non-hydrogen) atoms. The van der Waals surface area contributed by atoms with Crippen molar-refractivity contribution >= 4 is 5.91 Å². The number of hydrogen-bond acceptors (Lipinski definition) is 3. The van der Waals surface area contributed by atoms with Gasteiger partial charge in [-0.05, 0) is 13.8 Å². The minimum Gasteiger partial charge on any atom is -0.349 e. The average Bonchev–Trinajstić information content (AvgIpc) is 2.44. The Morgan fingerprint density at radius 1 is 1.62 bits per heavy atom. The summed E-state index contributed by atoms with van der Waals surface area (Å²) in [4.78, 5) is 11.4. The number of carbonyl (C=O) groups is 1. The molecule has 1 aromatic heterocycles. The van der Waals surface area contributed by atoms with Crippen LogP contribution < -0.4 is 11.1 Å². The highest BCUT2D eigenvalue weighted by molar-refractivity contribution is 5.93. The molecule has 5 heteroatoms. The van der Waals surface area contributed by atoms with Gasteiger partial charge in [0.2, 0.25) is 0 Å². The Bertz CT molecular complexity index is 305. The van der Waals surface area contributed by atoms with Gasteiger partial charge in [-0.25, -0.2) is 0 Å². The summed E-state index contributed by atoms with van der Waals surface area (Å²) in [5.74, 6) is -0.174. The molecule has 72 valence electrons. The highest BCUT2D eigenvalue weighted by Crippen LogP contribution is 2.07. The van der Waals surface area contributed by atoms with E-state index in [0.29, 0.717) is 18.8 Å². The van der Waals surface area contributed by atoms with Crippen molar-refractivity contribution in [3.05, 3.63) is 17.0 Å². The summed E-state index contributed by atoms with van der Waals surface area (Å²) < 4.78 is 0. The molecule has 0 saturated heterocycles. The van der Waals surface area contributed by atoms with Gasteiger partial charge in [0.05, 0.1) is 0 Å². The van der Waals surface area contributed by atoms with Crippen LogP contribution in [0.15, 0.2) is 0 Å². The zero-order chi connectivity index (χ0) is 9.84. The van der Waals surface area contributed by atoms with Crippen molar-refractivity contribution in [2.75, 3.05) is 13.1 Å². The molecule has 0 bridgehead atoms. The van der Waals surface area contributed by atoms with Crippen molar-refractivity contribution in [3.8, 4) is 0 Å². The quantitative estimate of drug-likeness (QED) is 0.601.